The number of ether oxygens (including phenoxy) is 2. The number of aromatic nitrogens is 1. The predicted molar refractivity (Wildman–Crippen MR) is 198 cm³/mol. The van der Waals surface area contributed by atoms with Gasteiger partial charge in [-0.05, 0) is 107 Å². The average molecular weight is 731 g/mol. The number of rotatable bonds is 6. The van der Waals surface area contributed by atoms with Crippen LogP contribution in [0.15, 0.2) is 36.4 Å². The van der Waals surface area contributed by atoms with E-state index < -0.39 is 32.2 Å². The Bertz CT molecular complexity index is 2060. The Labute approximate surface area is 306 Å². The lowest BCUT2D eigenvalue weighted by Gasteiger charge is -2.28. The Morgan fingerprint density at radius 3 is 2.33 bits per heavy atom. The number of fused-ring (bicyclic) bond motifs is 7. The molecule has 8 rings (SSSR count). The quantitative estimate of drug-likeness (QED) is 0.305. The maximum Gasteiger partial charge on any atom is 0.410 e. The van der Waals surface area contributed by atoms with Crippen molar-refractivity contribution < 1.29 is 32.3 Å². The molecule has 1 aromatic heterocycles. The van der Waals surface area contributed by atoms with E-state index in [1.165, 1.54) is 12.0 Å². The number of benzene rings is 2. The van der Waals surface area contributed by atoms with Crippen LogP contribution in [0.2, 0.25) is 0 Å². The minimum atomic E-state index is -3.73. The smallest absolute Gasteiger partial charge is 0.410 e. The number of hydrogen-bond donors (Lipinski definition) is 1. The van der Waals surface area contributed by atoms with Gasteiger partial charge in [0.25, 0.3) is 5.91 Å². The van der Waals surface area contributed by atoms with E-state index in [0.29, 0.717) is 64.3 Å². The molecule has 1 N–H and O–H groups in total. The number of methoxy groups -OCH3 is 1. The van der Waals surface area contributed by atoms with Crippen molar-refractivity contribution in [3.05, 3.63) is 53.1 Å². The number of hydrogen-bond acceptors (Lipinski definition) is 7. The molecule has 2 atom stereocenters. The molecule has 4 fully saturated rings. The first kappa shape index (κ1) is 35.0. The van der Waals surface area contributed by atoms with Gasteiger partial charge in [-0.3, -0.25) is 9.59 Å². The van der Waals surface area contributed by atoms with Gasteiger partial charge in [-0.25, -0.2) is 17.9 Å². The fourth-order valence-corrected chi connectivity index (χ4v) is 10.3. The van der Waals surface area contributed by atoms with Crippen LogP contribution < -0.4 is 9.46 Å². The van der Waals surface area contributed by atoms with Gasteiger partial charge in [0.2, 0.25) is 15.9 Å². The van der Waals surface area contributed by atoms with E-state index in [1.54, 1.807) is 18.1 Å². The number of amides is 3. The SMILES string of the molecule is COc1ccc2c(c1)C1CC1(C(=O)N1CCCN(C(=O)OC(C)(C)C)CC1)Cn1c-2c(C2CCCCC2)c2ccc(C(=O)NS(=O)(=O)C3CC3)cc21. The molecule has 3 heterocycles. The summed E-state index contributed by atoms with van der Waals surface area (Å²) in [6.07, 6.45) is 7.73. The summed E-state index contributed by atoms with van der Waals surface area (Å²) in [4.78, 5) is 45.0. The van der Waals surface area contributed by atoms with Gasteiger partial charge in [0.1, 0.15) is 11.4 Å². The molecule has 278 valence electrons. The molecule has 2 unspecified atom stereocenters. The number of carbonyl (C=O) groups excluding carboxylic acids is 3. The highest BCUT2D eigenvalue weighted by atomic mass is 32.2. The van der Waals surface area contributed by atoms with Crippen LogP contribution in [0.4, 0.5) is 4.79 Å². The Morgan fingerprint density at radius 1 is 0.885 bits per heavy atom. The maximum absolute atomic E-state index is 15.0. The second-order valence-electron chi connectivity index (χ2n) is 16.6. The molecule has 3 aromatic rings. The lowest BCUT2D eigenvalue weighted by atomic mass is 9.81. The van der Waals surface area contributed by atoms with E-state index in [9.17, 15) is 22.8 Å². The van der Waals surface area contributed by atoms with E-state index in [4.69, 9.17) is 9.47 Å². The summed E-state index contributed by atoms with van der Waals surface area (Å²) >= 11 is 0. The van der Waals surface area contributed by atoms with Crippen molar-refractivity contribution in [2.75, 3.05) is 33.3 Å². The van der Waals surface area contributed by atoms with E-state index in [1.807, 2.05) is 43.9 Å². The normalized spacial score (nSPS) is 23.5. The summed E-state index contributed by atoms with van der Waals surface area (Å²) in [5.74, 6) is 0.490. The van der Waals surface area contributed by atoms with Crippen LogP contribution in [-0.4, -0.2) is 84.8 Å². The average Bonchev–Trinajstić information content (AvgIpc) is 4.03. The molecule has 3 amide bonds. The Kier molecular flexibility index (Phi) is 8.62. The molecule has 5 aliphatic rings. The van der Waals surface area contributed by atoms with Gasteiger partial charge in [-0.15, -0.1) is 0 Å². The van der Waals surface area contributed by atoms with Crippen molar-refractivity contribution in [2.24, 2.45) is 5.41 Å². The minimum absolute atomic E-state index is 0.0281. The summed E-state index contributed by atoms with van der Waals surface area (Å²) in [5.41, 5.74) is 4.34. The number of nitrogens with one attached hydrogen (secondary N) is 1. The van der Waals surface area contributed by atoms with Crippen LogP contribution in [0.5, 0.6) is 5.75 Å². The van der Waals surface area contributed by atoms with Gasteiger partial charge in [-0.1, -0.05) is 25.3 Å². The van der Waals surface area contributed by atoms with E-state index in [-0.39, 0.29) is 23.5 Å². The summed E-state index contributed by atoms with van der Waals surface area (Å²) in [6.45, 7) is 7.89. The molecule has 1 saturated heterocycles. The highest BCUT2D eigenvalue weighted by Crippen LogP contribution is 2.66. The number of sulfonamides is 1. The molecule has 12 heteroatoms. The topological polar surface area (TPSA) is 127 Å². The van der Waals surface area contributed by atoms with Crippen molar-refractivity contribution in [1.29, 1.82) is 0 Å². The van der Waals surface area contributed by atoms with Crippen LogP contribution in [0.3, 0.4) is 0 Å². The fourth-order valence-electron chi connectivity index (χ4n) is 9.02. The molecule has 2 aromatic carbocycles. The molecule has 11 nitrogen and oxygen atoms in total. The standard InChI is InChI=1S/C40H50N4O7S/c1-39(2,3)51-38(47)43-18-8-17-42(19-20-43)37(46)40-23-32(40)31-22-27(50-4)12-16-29(31)35-34(25-9-6-5-7-10-25)30-15-11-26(21-33(30)44(35)24-40)36(45)41-52(48,49)28-13-14-28/h11-12,15-16,21-22,25,28,32H,5-10,13-14,17-20,23-24H2,1-4H3,(H,41,45). The predicted octanol–water partition coefficient (Wildman–Crippen LogP) is 6.54. The minimum Gasteiger partial charge on any atom is -0.497 e. The molecular formula is C40H50N4O7S. The largest absolute Gasteiger partial charge is 0.497 e. The molecule has 0 spiro atoms. The van der Waals surface area contributed by atoms with Crippen LogP contribution >= 0.6 is 0 Å². The lowest BCUT2D eigenvalue weighted by Crippen LogP contribution is -2.43. The molecule has 2 aliphatic heterocycles. The number of nitrogens with zero attached hydrogens (tertiary/aromatic N) is 3. The van der Waals surface area contributed by atoms with Crippen molar-refractivity contribution in [2.45, 2.75) is 108 Å². The van der Waals surface area contributed by atoms with Gasteiger partial charge in [0.15, 0.2) is 0 Å². The highest BCUT2D eigenvalue weighted by molar-refractivity contribution is 7.91. The van der Waals surface area contributed by atoms with E-state index >= 15 is 0 Å². The molecule has 3 saturated carbocycles. The number of carbonyl (C=O) groups is 3. The van der Waals surface area contributed by atoms with Crippen molar-refractivity contribution in [3.63, 3.8) is 0 Å². The first-order chi connectivity index (χ1) is 24.8. The Hall–Kier alpha value is -4.06. The van der Waals surface area contributed by atoms with E-state index in [0.717, 1.165) is 59.2 Å². The van der Waals surface area contributed by atoms with Gasteiger partial charge in [0, 0.05) is 60.7 Å². The molecule has 3 aliphatic carbocycles. The molecule has 0 radical (unpaired) electrons. The molecular weight excluding hydrogens is 681 g/mol. The second-order valence-corrected chi connectivity index (χ2v) is 18.5. The third-order valence-electron chi connectivity index (χ3n) is 11.8. The first-order valence-corrected chi connectivity index (χ1v) is 20.5. The van der Waals surface area contributed by atoms with Gasteiger partial charge in [-0.2, -0.15) is 0 Å². The maximum atomic E-state index is 15.0. The van der Waals surface area contributed by atoms with Crippen LogP contribution in [0, 0.1) is 5.41 Å². The Morgan fingerprint density at radius 2 is 1.62 bits per heavy atom. The van der Waals surface area contributed by atoms with Crippen LogP contribution in [0.25, 0.3) is 22.2 Å². The fraction of sp³-hybridized carbons (Fsp3) is 0.575. The van der Waals surface area contributed by atoms with Crippen molar-refractivity contribution in [1.82, 2.24) is 19.1 Å². The molecule has 0 bridgehead atoms. The summed E-state index contributed by atoms with van der Waals surface area (Å²) < 4.78 is 41.5. The zero-order valence-electron chi connectivity index (χ0n) is 30.7. The van der Waals surface area contributed by atoms with Crippen molar-refractivity contribution in [3.8, 4) is 17.0 Å². The van der Waals surface area contributed by atoms with Crippen LogP contribution in [0.1, 0.15) is 112 Å². The summed E-state index contributed by atoms with van der Waals surface area (Å²) in [6, 6.07) is 11.8. The summed E-state index contributed by atoms with van der Waals surface area (Å²) in [5, 5.41) is 0.541. The highest BCUT2D eigenvalue weighted by Gasteiger charge is 2.64. The van der Waals surface area contributed by atoms with Gasteiger partial charge >= 0.3 is 6.09 Å². The second kappa shape index (κ2) is 12.8. The van der Waals surface area contributed by atoms with Crippen LogP contribution in [-0.2, 0) is 26.1 Å². The van der Waals surface area contributed by atoms with E-state index in [2.05, 4.69) is 21.4 Å². The van der Waals surface area contributed by atoms with Gasteiger partial charge in [0.05, 0.1) is 23.5 Å². The summed E-state index contributed by atoms with van der Waals surface area (Å²) in [7, 11) is -2.06. The van der Waals surface area contributed by atoms with Gasteiger partial charge < -0.3 is 23.8 Å². The third-order valence-corrected chi connectivity index (χ3v) is 13.7. The first-order valence-electron chi connectivity index (χ1n) is 19.0. The zero-order valence-corrected chi connectivity index (χ0v) is 31.5. The monoisotopic (exact) mass is 730 g/mol. The molecule has 52 heavy (non-hydrogen) atoms. The Balaban J connectivity index is 1.22. The third kappa shape index (κ3) is 6.24. The lowest BCUT2D eigenvalue weighted by molar-refractivity contribution is -0.137. The van der Waals surface area contributed by atoms with Crippen molar-refractivity contribution >= 4 is 38.8 Å². The zero-order chi connectivity index (χ0) is 36.6.